The normalized spacial score (nSPS) is 17.5. The molecule has 4 rings (SSSR count). The van der Waals surface area contributed by atoms with E-state index in [0.29, 0.717) is 34.2 Å². The van der Waals surface area contributed by atoms with Crippen LogP contribution in [0.2, 0.25) is 5.02 Å². The van der Waals surface area contributed by atoms with Crippen molar-refractivity contribution in [1.29, 1.82) is 0 Å². The molecule has 0 N–H and O–H groups in total. The zero-order valence-corrected chi connectivity index (χ0v) is 14.4. The average molecular weight is 397 g/mol. The van der Waals surface area contributed by atoms with E-state index in [1.54, 1.807) is 17.2 Å². The molecular weight excluding hydrogens is 386 g/mol. The molecule has 1 atom stereocenters. The molecule has 3 aromatic rings. The molecule has 0 aliphatic carbocycles. The largest absolute Gasteiger partial charge is 0.325 e. The van der Waals surface area contributed by atoms with Crippen LogP contribution in [0.4, 0.5) is 0 Å². The van der Waals surface area contributed by atoms with Gasteiger partial charge in [-0.25, -0.2) is 9.50 Å². The molecule has 23 heavy (non-hydrogen) atoms. The van der Waals surface area contributed by atoms with Crippen LogP contribution in [0.3, 0.4) is 0 Å². The molecule has 0 spiro atoms. The third-order valence-corrected chi connectivity index (χ3v) is 4.68. The number of fused-ring (bicyclic) bond motifs is 2. The number of nitrogens with zero attached hydrogens (tertiary/aromatic N) is 7. The molecule has 0 bridgehead atoms. The second-order valence-corrected chi connectivity index (χ2v) is 6.40. The van der Waals surface area contributed by atoms with Crippen molar-refractivity contribution in [3.8, 4) is 0 Å². The van der Waals surface area contributed by atoms with E-state index < -0.39 is 0 Å². The summed E-state index contributed by atoms with van der Waals surface area (Å²) in [5, 5.41) is 12.9. The summed E-state index contributed by atoms with van der Waals surface area (Å²) >= 11 is 9.26. The fourth-order valence-corrected chi connectivity index (χ4v) is 3.31. The Hall–Kier alpha value is -2.00. The molecule has 3 aromatic heterocycles. The minimum atomic E-state index is -0.184. The van der Waals surface area contributed by atoms with Gasteiger partial charge in [-0.2, -0.15) is 5.10 Å². The number of rotatable bonds is 1. The fraction of sp³-hybridized carbons (Fsp3) is 0.308. The van der Waals surface area contributed by atoms with Crippen molar-refractivity contribution in [2.24, 2.45) is 0 Å². The molecule has 1 aliphatic rings. The average Bonchev–Trinajstić information content (AvgIpc) is 3.11. The molecule has 0 radical (unpaired) electrons. The van der Waals surface area contributed by atoms with Crippen LogP contribution >= 0.6 is 27.5 Å². The zero-order valence-electron chi connectivity index (χ0n) is 12.0. The highest BCUT2D eigenvalue weighted by molar-refractivity contribution is 9.10. The second kappa shape index (κ2) is 5.27. The van der Waals surface area contributed by atoms with Crippen molar-refractivity contribution in [3.63, 3.8) is 0 Å². The Kier molecular flexibility index (Phi) is 3.34. The maximum atomic E-state index is 12.8. The second-order valence-electron chi connectivity index (χ2n) is 5.26. The minimum Gasteiger partial charge on any atom is -0.325 e. The molecule has 1 aliphatic heterocycles. The highest BCUT2D eigenvalue weighted by Gasteiger charge is 2.32. The first-order valence-electron chi connectivity index (χ1n) is 6.95. The molecule has 10 heteroatoms. The van der Waals surface area contributed by atoms with Crippen LogP contribution in [-0.4, -0.2) is 46.7 Å². The van der Waals surface area contributed by atoms with Crippen LogP contribution in [0.25, 0.3) is 5.65 Å². The lowest BCUT2D eigenvalue weighted by Gasteiger charge is -2.32. The number of hydrogen-bond acceptors (Lipinski definition) is 5. The highest BCUT2D eigenvalue weighted by Crippen LogP contribution is 2.27. The third kappa shape index (κ3) is 2.31. The van der Waals surface area contributed by atoms with Gasteiger partial charge in [0.25, 0.3) is 5.91 Å². The van der Waals surface area contributed by atoms with Gasteiger partial charge in [-0.15, -0.1) is 10.2 Å². The first-order chi connectivity index (χ1) is 11.0. The summed E-state index contributed by atoms with van der Waals surface area (Å²) in [4.78, 5) is 18.7. The topological polar surface area (TPSA) is 81.2 Å². The van der Waals surface area contributed by atoms with Crippen LogP contribution in [-0.2, 0) is 6.54 Å². The van der Waals surface area contributed by atoms with E-state index in [2.05, 4.69) is 36.2 Å². The van der Waals surface area contributed by atoms with Crippen molar-refractivity contribution in [1.82, 2.24) is 34.3 Å². The Morgan fingerprint density at radius 1 is 1.39 bits per heavy atom. The van der Waals surface area contributed by atoms with E-state index in [0.717, 1.165) is 5.82 Å². The molecule has 8 nitrogen and oxygen atoms in total. The highest BCUT2D eigenvalue weighted by atomic mass is 79.9. The minimum absolute atomic E-state index is 0.163. The summed E-state index contributed by atoms with van der Waals surface area (Å²) in [6.07, 6.45) is 3.14. The van der Waals surface area contributed by atoms with Gasteiger partial charge in [0.2, 0.25) is 0 Å². The smallest absolute Gasteiger partial charge is 0.275 e. The van der Waals surface area contributed by atoms with Crippen molar-refractivity contribution < 1.29 is 4.79 Å². The van der Waals surface area contributed by atoms with Crippen LogP contribution in [0.1, 0.15) is 29.3 Å². The number of halogens is 2. The van der Waals surface area contributed by atoms with Gasteiger partial charge in [-0.05, 0) is 22.9 Å². The van der Waals surface area contributed by atoms with Gasteiger partial charge >= 0.3 is 0 Å². The zero-order chi connectivity index (χ0) is 16.1. The van der Waals surface area contributed by atoms with Gasteiger partial charge in [0, 0.05) is 25.4 Å². The predicted molar refractivity (Wildman–Crippen MR) is 85.2 cm³/mol. The summed E-state index contributed by atoms with van der Waals surface area (Å²) in [5.41, 5.74) is 0.909. The molecule has 0 aromatic carbocycles. The Morgan fingerprint density at radius 3 is 3.04 bits per heavy atom. The predicted octanol–water partition coefficient (Wildman–Crippen LogP) is 1.95. The molecule has 0 saturated carbocycles. The van der Waals surface area contributed by atoms with Crippen LogP contribution in [0.5, 0.6) is 0 Å². The first-order valence-corrected chi connectivity index (χ1v) is 8.12. The molecule has 0 fully saturated rings. The Morgan fingerprint density at radius 2 is 2.22 bits per heavy atom. The van der Waals surface area contributed by atoms with E-state index in [9.17, 15) is 4.79 Å². The Balaban J connectivity index is 1.68. The first kappa shape index (κ1) is 14.6. The van der Waals surface area contributed by atoms with E-state index in [1.165, 1.54) is 10.7 Å². The number of hydrogen-bond donors (Lipinski definition) is 0. The van der Waals surface area contributed by atoms with E-state index in [4.69, 9.17) is 11.6 Å². The van der Waals surface area contributed by atoms with Crippen molar-refractivity contribution >= 4 is 39.1 Å². The molecule has 0 saturated heterocycles. The summed E-state index contributed by atoms with van der Waals surface area (Å²) in [6.45, 7) is 3.12. The SMILES string of the molecule is CC1c2nnc(Br)n2CCN1C(=O)c1cc2ncc(Cl)cn2n1. The number of carbonyl (C=O) groups excluding carboxylic acids is 1. The summed E-state index contributed by atoms with van der Waals surface area (Å²) in [7, 11) is 0. The third-order valence-electron chi connectivity index (χ3n) is 3.90. The maximum absolute atomic E-state index is 12.8. The summed E-state index contributed by atoms with van der Waals surface area (Å²) in [6, 6.07) is 1.47. The number of aromatic nitrogens is 6. The molecule has 118 valence electrons. The van der Waals surface area contributed by atoms with Gasteiger partial charge in [-0.1, -0.05) is 11.6 Å². The summed E-state index contributed by atoms with van der Waals surface area (Å²) in [5.74, 6) is 0.589. The lowest BCUT2D eigenvalue weighted by molar-refractivity contribution is 0.0630. The van der Waals surface area contributed by atoms with Gasteiger partial charge in [0.15, 0.2) is 21.9 Å². The maximum Gasteiger partial charge on any atom is 0.275 e. The Labute approximate surface area is 144 Å². The van der Waals surface area contributed by atoms with Crippen LogP contribution < -0.4 is 0 Å². The molecule has 4 heterocycles. The Bertz CT molecular complexity index is 920. The van der Waals surface area contributed by atoms with E-state index in [1.807, 2.05) is 11.5 Å². The van der Waals surface area contributed by atoms with Crippen LogP contribution in [0.15, 0.2) is 23.2 Å². The van der Waals surface area contributed by atoms with Gasteiger partial charge in [0.05, 0.1) is 17.3 Å². The van der Waals surface area contributed by atoms with Gasteiger partial charge in [-0.3, -0.25) is 4.79 Å². The monoisotopic (exact) mass is 395 g/mol. The molecule has 1 unspecified atom stereocenters. The molecule has 1 amide bonds. The number of amides is 1. The van der Waals surface area contributed by atoms with Gasteiger partial charge in [0.1, 0.15) is 0 Å². The fourth-order valence-electron chi connectivity index (χ4n) is 2.73. The van der Waals surface area contributed by atoms with Crippen molar-refractivity contribution in [3.05, 3.63) is 39.7 Å². The summed E-state index contributed by atoms with van der Waals surface area (Å²) < 4.78 is 4.14. The number of carbonyl (C=O) groups is 1. The van der Waals surface area contributed by atoms with E-state index in [-0.39, 0.29) is 11.9 Å². The quantitative estimate of drug-likeness (QED) is 0.628. The standard InChI is InChI=1S/C13H11BrClN7O/c1-7-11-17-18-13(14)21(11)3-2-20(7)12(23)9-4-10-16-5-8(15)6-22(10)19-9/h4-7H,2-3H2,1H3. The van der Waals surface area contributed by atoms with Crippen LogP contribution in [0, 0.1) is 0 Å². The van der Waals surface area contributed by atoms with Crippen molar-refractivity contribution in [2.45, 2.75) is 19.5 Å². The lowest BCUT2D eigenvalue weighted by atomic mass is 10.2. The van der Waals surface area contributed by atoms with Crippen molar-refractivity contribution in [2.75, 3.05) is 6.54 Å². The van der Waals surface area contributed by atoms with Gasteiger partial charge < -0.3 is 9.47 Å². The van der Waals surface area contributed by atoms with E-state index >= 15 is 0 Å². The lowest BCUT2D eigenvalue weighted by Crippen LogP contribution is -2.41. The molecular formula is C13H11BrClN7O.